The summed E-state index contributed by atoms with van der Waals surface area (Å²) in [5.41, 5.74) is -1.90. The van der Waals surface area contributed by atoms with Gasteiger partial charge in [-0.2, -0.15) is 37.2 Å². The van der Waals surface area contributed by atoms with E-state index in [1.54, 1.807) is 6.92 Å². The molecule has 272 valence electrons. The lowest BCUT2D eigenvalue weighted by Crippen LogP contribution is -2.43. The number of carbonyl (C=O) groups excluding carboxylic acids is 1. The highest BCUT2D eigenvalue weighted by atomic mass is 19.4. The predicted molar refractivity (Wildman–Crippen MR) is 167 cm³/mol. The molecule has 0 bridgehead atoms. The molecule has 7 rings (SSSR count). The molecule has 4 atom stereocenters. The first-order valence-electron chi connectivity index (χ1n) is 16.0. The SMILES string of the molecule is Cc1c(F)c(N)cc(-c2[nH]c(=O)c3c(N[C@@H]4CCN(C(=O)n5cnc(F)n5)[C@@H]4C)nc(OC[C@@]45CCCN4C[C@H](F)C5)nc3c2F)c1C(F)(F)F. The Hall–Kier alpha value is -5.01. The Morgan fingerprint density at radius 2 is 1.96 bits per heavy atom. The molecule has 4 aromatic rings. The molecule has 51 heavy (non-hydrogen) atoms. The lowest BCUT2D eigenvalue weighted by Gasteiger charge is -2.31. The van der Waals surface area contributed by atoms with E-state index in [1.165, 1.54) is 4.90 Å². The van der Waals surface area contributed by atoms with E-state index < -0.39 is 104 Å². The molecule has 3 aliphatic rings. The number of likely N-dealkylation sites (tertiary alicyclic amines) is 1. The average Bonchev–Trinajstić information content (AvgIpc) is 3.83. The van der Waals surface area contributed by atoms with E-state index in [-0.39, 0.29) is 38.4 Å². The molecule has 1 aromatic carbocycles. The fourth-order valence-corrected chi connectivity index (χ4v) is 7.59. The highest BCUT2D eigenvalue weighted by Crippen LogP contribution is 2.43. The number of benzene rings is 1. The van der Waals surface area contributed by atoms with Gasteiger partial charge in [-0.1, -0.05) is 0 Å². The number of H-pyrrole nitrogens is 1. The summed E-state index contributed by atoms with van der Waals surface area (Å²) in [4.78, 5) is 43.9. The van der Waals surface area contributed by atoms with Gasteiger partial charge in [0.25, 0.3) is 5.56 Å². The highest BCUT2D eigenvalue weighted by molar-refractivity contribution is 5.92. The number of anilines is 2. The number of amides is 1. The van der Waals surface area contributed by atoms with E-state index >= 15 is 4.39 Å². The van der Waals surface area contributed by atoms with Gasteiger partial charge in [-0.25, -0.2) is 18.0 Å². The Kier molecular flexibility index (Phi) is 8.33. The molecule has 3 saturated heterocycles. The zero-order chi connectivity index (χ0) is 36.6. The van der Waals surface area contributed by atoms with Gasteiger partial charge in [-0.15, -0.1) is 5.10 Å². The summed E-state index contributed by atoms with van der Waals surface area (Å²) in [6.45, 7) is 3.38. The largest absolute Gasteiger partial charge is 0.461 e. The highest BCUT2D eigenvalue weighted by Gasteiger charge is 2.49. The van der Waals surface area contributed by atoms with Crippen LogP contribution in [0.5, 0.6) is 6.01 Å². The summed E-state index contributed by atoms with van der Waals surface area (Å²) in [6.07, 6.45) is -4.64. The number of nitrogens with zero attached hydrogens (tertiary/aromatic N) is 7. The number of alkyl halides is 4. The van der Waals surface area contributed by atoms with Gasteiger partial charge in [0.1, 0.15) is 41.6 Å². The van der Waals surface area contributed by atoms with Crippen LogP contribution in [-0.4, -0.2) is 95.6 Å². The van der Waals surface area contributed by atoms with Crippen LogP contribution in [0.15, 0.2) is 17.2 Å². The van der Waals surface area contributed by atoms with Gasteiger partial charge < -0.3 is 25.7 Å². The van der Waals surface area contributed by atoms with Gasteiger partial charge in [0.2, 0.25) is 0 Å². The Bertz CT molecular complexity index is 2110. The van der Waals surface area contributed by atoms with E-state index in [0.717, 1.165) is 24.4 Å². The molecule has 1 amide bonds. The summed E-state index contributed by atoms with van der Waals surface area (Å²) >= 11 is 0. The third kappa shape index (κ3) is 5.87. The van der Waals surface area contributed by atoms with E-state index in [0.29, 0.717) is 19.0 Å². The van der Waals surface area contributed by atoms with Gasteiger partial charge in [0, 0.05) is 31.1 Å². The maximum atomic E-state index is 16.6. The second kappa shape index (κ2) is 12.3. The van der Waals surface area contributed by atoms with Crippen molar-refractivity contribution in [2.75, 3.05) is 37.3 Å². The van der Waals surface area contributed by atoms with Crippen LogP contribution in [0.1, 0.15) is 43.7 Å². The zero-order valence-corrected chi connectivity index (χ0v) is 27.1. The Labute approximate surface area is 284 Å². The number of halogens is 7. The number of nitrogens with one attached hydrogen (secondary N) is 2. The minimum Gasteiger partial charge on any atom is -0.461 e. The van der Waals surface area contributed by atoms with E-state index in [4.69, 9.17) is 10.5 Å². The van der Waals surface area contributed by atoms with Crippen molar-refractivity contribution in [3.63, 3.8) is 0 Å². The molecule has 0 saturated carbocycles. The van der Waals surface area contributed by atoms with Crippen molar-refractivity contribution in [3.8, 4) is 17.3 Å². The first-order chi connectivity index (χ1) is 24.1. The lowest BCUT2D eigenvalue weighted by molar-refractivity contribution is -0.137. The molecule has 0 aliphatic carbocycles. The summed E-state index contributed by atoms with van der Waals surface area (Å²) in [5, 5.41) is 5.95. The van der Waals surface area contributed by atoms with Gasteiger partial charge in [-0.3, -0.25) is 9.69 Å². The average molecular weight is 725 g/mol. The normalized spacial score (nSPS) is 23.7. The van der Waals surface area contributed by atoms with E-state index in [2.05, 4.69) is 30.4 Å². The van der Waals surface area contributed by atoms with Crippen molar-refractivity contribution in [3.05, 3.63) is 51.6 Å². The standard InChI is InChI=1S/C31H31F7N10O3/c1-13-20(31(36,37)38)16(8-17(39)21(13)33)23-22(34)24-19(26(49)42-23)25(41-18-4-7-47(14(18)2)29(50)48-12-40-27(35)45-48)44-28(43-24)51-11-30-5-3-6-46(30)10-15(32)9-30/h8,12,14-15,18H,3-7,9-11,39H2,1-2H3,(H,42,49)(H,41,43,44)/t14-,15-,18-,30+/m1/s1. The van der Waals surface area contributed by atoms with Crippen LogP contribution < -0.4 is 21.3 Å². The van der Waals surface area contributed by atoms with Crippen molar-refractivity contribution < 1.29 is 40.3 Å². The number of rotatable bonds is 6. The zero-order valence-electron chi connectivity index (χ0n) is 27.1. The molecule has 0 unspecified atom stereocenters. The minimum absolute atomic E-state index is 0.0987. The maximum Gasteiger partial charge on any atom is 0.417 e. The van der Waals surface area contributed by atoms with E-state index in [1.807, 2.05) is 4.90 Å². The molecule has 3 fully saturated rings. The third-order valence-corrected chi connectivity index (χ3v) is 10.1. The first-order valence-corrected chi connectivity index (χ1v) is 16.0. The van der Waals surface area contributed by atoms with Crippen LogP contribution in [0.3, 0.4) is 0 Å². The molecule has 4 N–H and O–H groups in total. The summed E-state index contributed by atoms with van der Waals surface area (Å²) in [5.74, 6) is -3.03. The van der Waals surface area contributed by atoms with E-state index in [9.17, 15) is 35.9 Å². The van der Waals surface area contributed by atoms with Crippen molar-refractivity contribution >= 4 is 28.4 Å². The molecule has 6 heterocycles. The fraction of sp³-hybridized carbons (Fsp3) is 0.484. The molecule has 3 aromatic heterocycles. The smallest absolute Gasteiger partial charge is 0.417 e. The number of nitrogens with two attached hydrogens (primary N) is 1. The van der Waals surface area contributed by atoms with Crippen LogP contribution >= 0.6 is 0 Å². The molecule has 0 spiro atoms. The number of hydrogen-bond donors (Lipinski definition) is 3. The minimum atomic E-state index is -5.18. The number of ether oxygens (including phenoxy) is 1. The van der Waals surface area contributed by atoms with Gasteiger partial charge >= 0.3 is 24.3 Å². The topological polar surface area (TPSA) is 160 Å². The number of nitrogen functional groups attached to an aromatic ring is 1. The molecule has 20 heteroatoms. The number of carbonyl (C=O) groups is 1. The second-order valence-corrected chi connectivity index (χ2v) is 13.1. The number of hydrogen-bond acceptors (Lipinski definition) is 10. The molecule has 13 nitrogen and oxygen atoms in total. The van der Waals surface area contributed by atoms with Gasteiger partial charge in [0.05, 0.1) is 28.5 Å². The van der Waals surface area contributed by atoms with Gasteiger partial charge in [0.15, 0.2) is 5.82 Å². The number of pyridine rings is 1. The molecule has 3 aliphatic heterocycles. The van der Waals surface area contributed by atoms with Crippen LogP contribution in [0.25, 0.3) is 22.2 Å². The number of fused-ring (bicyclic) bond motifs is 2. The van der Waals surface area contributed by atoms with Crippen molar-refractivity contribution in [2.45, 2.75) is 69.5 Å². The second-order valence-electron chi connectivity index (χ2n) is 13.1. The molecular formula is C31H31F7N10O3. The van der Waals surface area contributed by atoms with Crippen molar-refractivity contribution in [2.24, 2.45) is 0 Å². The van der Waals surface area contributed by atoms with Crippen LogP contribution in [0.2, 0.25) is 0 Å². The van der Waals surface area contributed by atoms with Crippen molar-refractivity contribution in [1.29, 1.82) is 0 Å². The number of aromatic nitrogens is 6. The van der Waals surface area contributed by atoms with Crippen molar-refractivity contribution in [1.82, 2.24) is 39.5 Å². The quantitative estimate of drug-likeness (QED) is 0.192. The lowest BCUT2D eigenvalue weighted by atomic mass is 9.95. The Morgan fingerprint density at radius 1 is 1.20 bits per heavy atom. The number of aromatic amines is 1. The Balaban J connectivity index is 1.32. The Morgan fingerprint density at radius 3 is 2.67 bits per heavy atom. The summed E-state index contributed by atoms with van der Waals surface area (Å²) in [7, 11) is 0. The fourth-order valence-electron chi connectivity index (χ4n) is 7.59. The summed E-state index contributed by atoms with van der Waals surface area (Å²) < 4.78 is 108. The maximum absolute atomic E-state index is 16.6. The molecular weight excluding hydrogens is 693 g/mol. The summed E-state index contributed by atoms with van der Waals surface area (Å²) in [6, 6.07) is -1.83. The van der Waals surface area contributed by atoms with Crippen LogP contribution in [-0.2, 0) is 6.18 Å². The third-order valence-electron chi connectivity index (χ3n) is 10.1. The van der Waals surface area contributed by atoms with Gasteiger partial charge in [-0.05, 0) is 51.3 Å². The monoisotopic (exact) mass is 724 g/mol. The van der Waals surface area contributed by atoms with Crippen LogP contribution in [0, 0.1) is 24.6 Å². The van der Waals surface area contributed by atoms with Crippen LogP contribution in [0.4, 0.5) is 47.0 Å². The predicted octanol–water partition coefficient (Wildman–Crippen LogP) is 4.40. The molecule has 0 radical (unpaired) electrons. The first kappa shape index (κ1) is 34.4.